The van der Waals surface area contributed by atoms with Crippen molar-refractivity contribution in [1.29, 1.82) is 0 Å². The van der Waals surface area contributed by atoms with Crippen LogP contribution >= 0.6 is 0 Å². The Morgan fingerprint density at radius 3 is 2.79 bits per heavy atom. The molecule has 1 aromatic carbocycles. The molecule has 0 fully saturated rings. The fraction of sp³-hybridized carbons (Fsp3) is 0.455. The van der Waals surface area contributed by atoms with E-state index in [-0.39, 0.29) is 0 Å². The minimum absolute atomic E-state index is 0.440. The van der Waals surface area contributed by atoms with Gasteiger partial charge >= 0.3 is 0 Å². The van der Waals surface area contributed by atoms with Gasteiger partial charge in [-0.05, 0) is 37.5 Å². The summed E-state index contributed by atoms with van der Waals surface area (Å²) >= 11 is 0. The fourth-order valence-corrected chi connectivity index (χ4v) is 1.32. The second-order valence-electron chi connectivity index (χ2n) is 3.57. The first kappa shape index (κ1) is 11.0. The van der Waals surface area contributed by atoms with E-state index in [1.807, 2.05) is 19.1 Å². The maximum Gasteiger partial charge on any atom is 0.102 e. The monoisotopic (exact) mass is 194 g/mol. The van der Waals surface area contributed by atoms with Crippen LogP contribution in [0.4, 0.5) is 5.69 Å². The molecule has 1 unspecified atom stereocenters. The van der Waals surface area contributed by atoms with Gasteiger partial charge in [-0.15, -0.1) is 0 Å². The number of benzene rings is 1. The molecular weight excluding hydrogens is 176 g/mol. The van der Waals surface area contributed by atoms with Crippen molar-refractivity contribution in [3.8, 4) is 0 Å². The zero-order valence-electron chi connectivity index (χ0n) is 8.75. The van der Waals surface area contributed by atoms with E-state index in [2.05, 4.69) is 11.4 Å². The van der Waals surface area contributed by atoms with Crippen LogP contribution in [0.2, 0.25) is 0 Å². The van der Waals surface area contributed by atoms with Gasteiger partial charge in [-0.3, -0.25) is 5.32 Å². The van der Waals surface area contributed by atoms with Crippen LogP contribution in [0.25, 0.3) is 0 Å². The van der Waals surface area contributed by atoms with E-state index in [0.717, 1.165) is 24.2 Å². The quantitative estimate of drug-likeness (QED) is 0.496. The highest BCUT2D eigenvalue weighted by Gasteiger charge is 1.98. The second kappa shape index (κ2) is 4.98. The fourth-order valence-electron chi connectivity index (χ4n) is 1.32. The van der Waals surface area contributed by atoms with Crippen molar-refractivity contribution in [2.75, 3.05) is 12.3 Å². The van der Waals surface area contributed by atoms with E-state index >= 15 is 0 Å². The molecule has 1 rings (SSSR count). The van der Waals surface area contributed by atoms with E-state index in [1.54, 1.807) is 6.92 Å². The SMILES string of the molecule is Cc1cc(CCNC(C)O)ccc1N. The van der Waals surface area contributed by atoms with Crippen LogP contribution in [-0.4, -0.2) is 17.9 Å². The van der Waals surface area contributed by atoms with Gasteiger partial charge in [0.15, 0.2) is 0 Å². The molecule has 78 valence electrons. The average molecular weight is 194 g/mol. The first-order valence-electron chi connectivity index (χ1n) is 4.86. The normalized spacial score (nSPS) is 12.8. The van der Waals surface area contributed by atoms with Crippen LogP contribution in [-0.2, 0) is 6.42 Å². The average Bonchev–Trinajstić information content (AvgIpc) is 2.10. The largest absolute Gasteiger partial charge is 0.399 e. The Balaban J connectivity index is 2.47. The lowest BCUT2D eigenvalue weighted by molar-refractivity contribution is 0.157. The van der Waals surface area contributed by atoms with Crippen LogP contribution in [0.1, 0.15) is 18.1 Å². The Morgan fingerprint density at radius 2 is 2.21 bits per heavy atom. The van der Waals surface area contributed by atoms with Gasteiger partial charge in [-0.1, -0.05) is 12.1 Å². The lowest BCUT2D eigenvalue weighted by atomic mass is 10.1. The highest BCUT2D eigenvalue weighted by Crippen LogP contribution is 2.12. The van der Waals surface area contributed by atoms with Gasteiger partial charge in [0.25, 0.3) is 0 Å². The molecule has 0 amide bonds. The molecule has 0 aliphatic rings. The van der Waals surface area contributed by atoms with Crippen LogP contribution in [0.3, 0.4) is 0 Å². The molecular formula is C11H18N2O. The molecule has 1 aromatic rings. The number of nitrogens with two attached hydrogens (primary N) is 1. The summed E-state index contributed by atoms with van der Waals surface area (Å²) in [6, 6.07) is 6.03. The summed E-state index contributed by atoms with van der Waals surface area (Å²) in [4.78, 5) is 0. The highest BCUT2D eigenvalue weighted by atomic mass is 16.3. The van der Waals surface area contributed by atoms with Gasteiger partial charge in [-0.25, -0.2) is 0 Å². The van der Waals surface area contributed by atoms with E-state index in [1.165, 1.54) is 5.56 Å². The standard InChI is InChI=1S/C11H18N2O/c1-8-7-10(3-4-11(8)12)5-6-13-9(2)14/h3-4,7,9,13-14H,5-6,12H2,1-2H3. The van der Waals surface area contributed by atoms with Crippen LogP contribution in [0.5, 0.6) is 0 Å². The molecule has 3 nitrogen and oxygen atoms in total. The number of hydrogen-bond donors (Lipinski definition) is 3. The predicted octanol–water partition coefficient (Wildman–Crippen LogP) is 1.05. The molecule has 0 aliphatic heterocycles. The molecule has 0 heterocycles. The number of nitrogen functional groups attached to an aromatic ring is 1. The second-order valence-corrected chi connectivity index (χ2v) is 3.57. The predicted molar refractivity (Wildman–Crippen MR) is 59.0 cm³/mol. The topological polar surface area (TPSA) is 58.3 Å². The Morgan fingerprint density at radius 1 is 1.50 bits per heavy atom. The summed E-state index contributed by atoms with van der Waals surface area (Å²) in [6.45, 7) is 4.50. The number of nitrogens with one attached hydrogen (secondary N) is 1. The number of aliphatic hydroxyl groups excluding tert-OH is 1. The maximum atomic E-state index is 9.00. The molecule has 0 aliphatic carbocycles. The summed E-state index contributed by atoms with van der Waals surface area (Å²) in [5.74, 6) is 0. The molecule has 0 spiro atoms. The third kappa shape index (κ3) is 3.36. The van der Waals surface area contributed by atoms with Crippen molar-refractivity contribution in [1.82, 2.24) is 5.32 Å². The molecule has 0 saturated heterocycles. The summed E-state index contributed by atoms with van der Waals surface area (Å²) < 4.78 is 0. The summed E-state index contributed by atoms with van der Waals surface area (Å²) in [7, 11) is 0. The smallest absolute Gasteiger partial charge is 0.102 e. The first-order chi connectivity index (χ1) is 6.59. The van der Waals surface area contributed by atoms with Crippen molar-refractivity contribution in [3.05, 3.63) is 29.3 Å². The Labute approximate surface area is 84.9 Å². The van der Waals surface area contributed by atoms with E-state index in [4.69, 9.17) is 10.8 Å². The highest BCUT2D eigenvalue weighted by molar-refractivity contribution is 5.47. The van der Waals surface area contributed by atoms with Crippen LogP contribution in [0.15, 0.2) is 18.2 Å². The molecule has 4 N–H and O–H groups in total. The minimum Gasteiger partial charge on any atom is -0.399 e. The first-order valence-corrected chi connectivity index (χ1v) is 4.86. The number of hydrogen-bond acceptors (Lipinski definition) is 3. The number of aryl methyl sites for hydroxylation is 1. The van der Waals surface area contributed by atoms with Gasteiger partial charge in [0.2, 0.25) is 0 Å². The van der Waals surface area contributed by atoms with Gasteiger partial charge in [-0.2, -0.15) is 0 Å². The maximum absolute atomic E-state index is 9.00. The van der Waals surface area contributed by atoms with Crippen molar-refractivity contribution in [2.24, 2.45) is 0 Å². The summed E-state index contributed by atoms with van der Waals surface area (Å²) in [5, 5.41) is 12.0. The molecule has 0 bridgehead atoms. The third-order valence-corrected chi connectivity index (χ3v) is 2.19. The minimum atomic E-state index is -0.440. The van der Waals surface area contributed by atoms with Crippen molar-refractivity contribution < 1.29 is 5.11 Å². The van der Waals surface area contributed by atoms with Gasteiger partial charge < -0.3 is 10.8 Å². The zero-order valence-corrected chi connectivity index (χ0v) is 8.75. The molecule has 0 radical (unpaired) electrons. The third-order valence-electron chi connectivity index (χ3n) is 2.19. The molecule has 3 heteroatoms. The van der Waals surface area contributed by atoms with Gasteiger partial charge in [0.05, 0.1) is 0 Å². The van der Waals surface area contributed by atoms with Gasteiger partial charge in [0, 0.05) is 12.2 Å². The Hall–Kier alpha value is -1.06. The molecule has 0 aromatic heterocycles. The number of rotatable bonds is 4. The van der Waals surface area contributed by atoms with E-state index < -0.39 is 6.23 Å². The lowest BCUT2D eigenvalue weighted by Gasteiger charge is -2.08. The molecule has 14 heavy (non-hydrogen) atoms. The lowest BCUT2D eigenvalue weighted by Crippen LogP contribution is -2.27. The van der Waals surface area contributed by atoms with Crippen molar-refractivity contribution in [3.63, 3.8) is 0 Å². The number of aliphatic hydroxyl groups is 1. The zero-order chi connectivity index (χ0) is 10.6. The Bertz CT molecular complexity index is 297. The molecule has 0 saturated carbocycles. The van der Waals surface area contributed by atoms with Gasteiger partial charge in [0.1, 0.15) is 6.23 Å². The van der Waals surface area contributed by atoms with Crippen LogP contribution < -0.4 is 11.1 Å². The summed E-state index contributed by atoms with van der Waals surface area (Å²) in [6.07, 6.45) is 0.469. The van der Waals surface area contributed by atoms with E-state index in [9.17, 15) is 0 Å². The van der Waals surface area contributed by atoms with E-state index in [0.29, 0.717) is 0 Å². The van der Waals surface area contributed by atoms with Crippen molar-refractivity contribution >= 4 is 5.69 Å². The Kier molecular flexibility index (Phi) is 3.92. The summed E-state index contributed by atoms with van der Waals surface area (Å²) in [5.41, 5.74) is 8.89. The number of anilines is 1. The molecule has 1 atom stereocenters. The van der Waals surface area contributed by atoms with Crippen LogP contribution in [0, 0.1) is 6.92 Å². The van der Waals surface area contributed by atoms with Crippen molar-refractivity contribution in [2.45, 2.75) is 26.5 Å².